The summed E-state index contributed by atoms with van der Waals surface area (Å²) >= 11 is 0. The van der Waals surface area contributed by atoms with E-state index in [1.807, 2.05) is 0 Å². The fourth-order valence-electron chi connectivity index (χ4n) is 6.72. The molecule has 3 nitrogen and oxygen atoms in total. The van der Waals surface area contributed by atoms with Gasteiger partial charge in [-0.25, -0.2) is 0 Å². The summed E-state index contributed by atoms with van der Waals surface area (Å²) in [6.07, 6.45) is 12.6. The van der Waals surface area contributed by atoms with E-state index in [9.17, 15) is 0 Å². The molecule has 0 unspecified atom stereocenters. The Morgan fingerprint density at radius 1 is 1.16 bits per heavy atom. The maximum absolute atomic E-state index is 6.15. The molecule has 4 atom stereocenters. The highest BCUT2D eigenvalue weighted by atomic mass is 16.7. The van der Waals surface area contributed by atoms with Crippen LogP contribution in [0, 0.1) is 17.3 Å². The van der Waals surface area contributed by atoms with Crippen molar-refractivity contribution in [2.45, 2.75) is 77.1 Å². The summed E-state index contributed by atoms with van der Waals surface area (Å²) in [5.74, 6) is 1.30. The lowest BCUT2D eigenvalue weighted by Gasteiger charge is -2.48. The van der Waals surface area contributed by atoms with Crippen molar-refractivity contribution in [3.63, 3.8) is 0 Å². The molecule has 5 aliphatic rings. The first-order valence-electron chi connectivity index (χ1n) is 10.5. The molecule has 0 bridgehead atoms. The summed E-state index contributed by atoms with van der Waals surface area (Å²) in [7, 11) is 0. The molecule has 0 amide bonds. The van der Waals surface area contributed by atoms with Crippen LogP contribution < -0.4 is 0 Å². The van der Waals surface area contributed by atoms with Gasteiger partial charge in [0.05, 0.1) is 19.3 Å². The first-order valence-corrected chi connectivity index (χ1v) is 10.5. The Hall–Kier alpha value is -0.640. The molecule has 1 saturated heterocycles. The monoisotopic (exact) mass is 344 g/mol. The average Bonchev–Trinajstić information content (AvgIpc) is 3.20. The minimum atomic E-state index is -0.275. The molecule has 25 heavy (non-hydrogen) atoms. The minimum absolute atomic E-state index is 0.275. The minimum Gasteiger partial charge on any atom is -0.378 e. The summed E-state index contributed by atoms with van der Waals surface area (Å²) in [4.78, 5) is 0. The van der Waals surface area contributed by atoms with E-state index < -0.39 is 0 Å². The lowest BCUT2D eigenvalue weighted by atomic mass is 9.58. The molecular formula is C22H32O3. The van der Waals surface area contributed by atoms with Crippen LogP contribution in [0.1, 0.15) is 65.2 Å². The zero-order valence-corrected chi connectivity index (χ0v) is 15.8. The summed E-state index contributed by atoms with van der Waals surface area (Å²) in [6.45, 7) is 7.04. The summed E-state index contributed by atoms with van der Waals surface area (Å²) in [5.41, 5.74) is 5.38. The number of ether oxygens (including phenoxy) is 3. The van der Waals surface area contributed by atoms with Crippen LogP contribution in [0.2, 0.25) is 0 Å². The van der Waals surface area contributed by atoms with E-state index in [0.717, 1.165) is 50.9 Å². The van der Waals surface area contributed by atoms with Crippen molar-refractivity contribution < 1.29 is 14.2 Å². The van der Waals surface area contributed by atoms with Crippen molar-refractivity contribution in [1.29, 1.82) is 0 Å². The lowest BCUT2D eigenvalue weighted by molar-refractivity contribution is -0.164. The predicted molar refractivity (Wildman–Crippen MR) is 97.2 cm³/mol. The number of allylic oxidation sites excluding steroid dienone is 3. The number of hydrogen-bond acceptors (Lipinski definition) is 3. The van der Waals surface area contributed by atoms with Crippen molar-refractivity contribution in [3.8, 4) is 0 Å². The van der Waals surface area contributed by atoms with Crippen molar-refractivity contribution in [2.24, 2.45) is 17.3 Å². The Bertz CT molecular complexity index is 613. The highest BCUT2D eigenvalue weighted by Crippen LogP contribution is 2.60. The van der Waals surface area contributed by atoms with Gasteiger partial charge < -0.3 is 14.2 Å². The van der Waals surface area contributed by atoms with Gasteiger partial charge in [-0.05, 0) is 68.4 Å². The molecule has 1 aliphatic heterocycles. The van der Waals surface area contributed by atoms with Gasteiger partial charge in [0.2, 0.25) is 0 Å². The van der Waals surface area contributed by atoms with E-state index in [0.29, 0.717) is 11.5 Å². The van der Waals surface area contributed by atoms with Crippen LogP contribution in [0.4, 0.5) is 0 Å². The molecule has 1 heterocycles. The van der Waals surface area contributed by atoms with Crippen molar-refractivity contribution >= 4 is 0 Å². The van der Waals surface area contributed by atoms with E-state index in [-0.39, 0.29) is 5.79 Å². The van der Waals surface area contributed by atoms with Gasteiger partial charge >= 0.3 is 0 Å². The summed E-state index contributed by atoms with van der Waals surface area (Å²) in [5, 5.41) is 0. The summed E-state index contributed by atoms with van der Waals surface area (Å²) in [6, 6.07) is 0. The highest BCUT2D eigenvalue weighted by molar-refractivity contribution is 5.44. The number of fused-ring (bicyclic) bond motifs is 4. The van der Waals surface area contributed by atoms with E-state index in [1.165, 1.54) is 32.1 Å². The van der Waals surface area contributed by atoms with Crippen LogP contribution in [0.3, 0.4) is 0 Å². The molecule has 1 saturated carbocycles. The Morgan fingerprint density at radius 2 is 2.00 bits per heavy atom. The van der Waals surface area contributed by atoms with E-state index >= 15 is 0 Å². The SMILES string of the molecule is CCO[C@@H]1CC[C@@H]2[C@@H]3CCC4=C(CCC5(C4)OCCO5)C3=CC[C@@]21C. The molecule has 4 aliphatic carbocycles. The van der Waals surface area contributed by atoms with Crippen molar-refractivity contribution in [3.05, 3.63) is 22.8 Å². The molecule has 5 rings (SSSR count). The van der Waals surface area contributed by atoms with Crippen molar-refractivity contribution in [1.82, 2.24) is 0 Å². The van der Waals surface area contributed by atoms with Gasteiger partial charge in [0.15, 0.2) is 5.79 Å². The molecule has 0 radical (unpaired) electrons. The normalized spacial score (nSPS) is 42.2. The van der Waals surface area contributed by atoms with Crippen LogP contribution in [-0.2, 0) is 14.2 Å². The molecule has 0 aromatic rings. The van der Waals surface area contributed by atoms with Gasteiger partial charge in [0.25, 0.3) is 0 Å². The molecule has 0 N–H and O–H groups in total. The van der Waals surface area contributed by atoms with E-state index in [4.69, 9.17) is 14.2 Å². The van der Waals surface area contributed by atoms with Gasteiger partial charge in [-0.3, -0.25) is 0 Å². The Kier molecular flexibility index (Phi) is 3.92. The highest BCUT2D eigenvalue weighted by Gasteiger charge is 2.54. The molecular weight excluding hydrogens is 312 g/mol. The topological polar surface area (TPSA) is 27.7 Å². The number of hydrogen-bond donors (Lipinski definition) is 0. The van der Waals surface area contributed by atoms with Gasteiger partial charge in [-0.1, -0.05) is 18.6 Å². The Morgan fingerprint density at radius 3 is 2.80 bits per heavy atom. The second-order valence-corrected chi connectivity index (χ2v) is 9.01. The quantitative estimate of drug-likeness (QED) is 0.722. The largest absolute Gasteiger partial charge is 0.378 e. The van der Waals surface area contributed by atoms with Crippen LogP contribution in [-0.4, -0.2) is 31.7 Å². The second kappa shape index (κ2) is 5.94. The lowest BCUT2D eigenvalue weighted by Crippen LogP contribution is -2.43. The smallest absolute Gasteiger partial charge is 0.172 e. The fourth-order valence-corrected chi connectivity index (χ4v) is 6.72. The van der Waals surface area contributed by atoms with Gasteiger partial charge in [-0.2, -0.15) is 0 Å². The molecule has 1 spiro atoms. The first kappa shape index (κ1) is 16.5. The van der Waals surface area contributed by atoms with Crippen LogP contribution >= 0.6 is 0 Å². The molecule has 138 valence electrons. The maximum atomic E-state index is 6.15. The standard InChI is InChI=1S/C22H32O3/c1-3-23-20-7-6-19-18-5-4-15-14-22(24-12-13-25-22)11-9-16(15)17(18)8-10-21(19,20)2/h8,18-20H,3-7,9-14H2,1-2H3/t18-,19-,20-,21+/m1/s1. The second-order valence-electron chi connectivity index (χ2n) is 9.01. The Labute approximate surface area is 151 Å². The van der Waals surface area contributed by atoms with E-state index in [2.05, 4.69) is 19.9 Å². The number of rotatable bonds is 2. The van der Waals surface area contributed by atoms with Crippen molar-refractivity contribution in [2.75, 3.05) is 19.8 Å². The fraction of sp³-hybridized carbons (Fsp3) is 0.818. The Balaban J connectivity index is 1.44. The third-order valence-corrected chi connectivity index (χ3v) is 7.92. The average molecular weight is 344 g/mol. The van der Waals surface area contributed by atoms with Crippen LogP contribution in [0.15, 0.2) is 22.8 Å². The molecule has 0 aromatic carbocycles. The van der Waals surface area contributed by atoms with Gasteiger partial charge in [-0.15, -0.1) is 0 Å². The third-order valence-electron chi connectivity index (χ3n) is 7.92. The summed E-state index contributed by atoms with van der Waals surface area (Å²) < 4.78 is 18.2. The first-order chi connectivity index (χ1) is 12.2. The molecule has 3 heteroatoms. The zero-order valence-electron chi connectivity index (χ0n) is 15.8. The maximum Gasteiger partial charge on any atom is 0.172 e. The molecule has 0 aromatic heterocycles. The van der Waals surface area contributed by atoms with Crippen LogP contribution in [0.25, 0.3) is 0 Å². The van der Waals surface area contributed by atoms with Crippen LogP contribution in [0.5, 0.6) is 0 Å². The third kappa shape index (κ3) is 2.42. The van der Waals surface area contributed by atoms with E-state index in [1.54, 1.807) is 16.7 Å². The molecule has 2 fully saturated rings. The predicted octanol–water partition coefficient (Wildman–Crippen LogP) is 4.77. The van der Waals surface area contributed by atoms with Gasteiger partial charge in [0, 0.05) is 24.9 Å². The zero-order chi connectivity index (χ0) is 17.1. The van der Waals surface area contributed by atoms with Gasteiger partial charge in [0.1, 0.15) is 0 Å².